The third-order valence-corrected chi connectivity index (χ3v) is 8.10. The summed E-state index contributed by atoms with van der Waals surface area (Å²) in [5.74, 6) is 0.112. The van der Waals surface area contributed by atoms with E-state index in [0.717, 1.165) is 19.3 Å². The second-order valence-electron chi connectivity index (χ2n) is 9.56. The summed E-state index contributed by atoms with van der Waals surface area (Å²) >= 11 is 0.557. The zero-order valence-corrected chi connectivity index (χ0v) is 17.7. The van der Waals surface area contributed by atoms with E-state index in [-0.39, 0.29) is 16.8 Å². The van der Waals surface area contributed by atoms with Crippen LogP contribution in [0.15, 0.2) is 0 Å². The second-order valence-corrected chi connectivity index (χ2v) is 10.6. The molecule has 166 valence electrons. The fraction of sp³-hybridized carbons (Fsp3) is 0.750. The lowest BCUT2D eigenvalue weighted by Crippen LogP contribution is -2.54. The Morgan fingerprint density at radius 3 is 2.10 bits per heavy atom. The van der Waals surface area contributed by atoms with Gasteiger partial charge in [0, 0.05) is 5.41 Å². The molecule has 4 aliphatic rings. The van der Waals surface area contributed by atoms with Gasteiger partial charge in [-0.25, -0.2) is 10.5 Å². The van der Waals surface area contributed by atoms with Crippen LogP contribution in [0.3, 0.4) is 0 Å². The molecule has 6 nitrogen and oxygen atoms in total. The first-order valence-electron chi connectivity index (χ1n) is 10.4. The number of thiazole rings is 1. The Hall–Kier alpha value is -1.68. The van der Waals surface area contributed by atoms with E-state index in [9.17, 15) is 22.8 Å². The predicted octanol–water partition coefficient (Wildman–Crippen LogP) is 4.31. The Kier molecular flexibility index (Phi) is 5.37. The topological polar surface area (TPSA) is 91.3 Å². The van der Waals surface area contributed by atoms with Crippen molar-refractivity contribution in [2.45, 2.75) is 64.6 Å². The fourth-order valence-corrected chi connectivity index (χ4v) is 7.26. The van der Waals surface area contributed by atoms with Gasteiger partial charge in [0.2, 0.25) is 5.91 Å². The number of hydrogen-bond acceptors (Lipinski definition) is 5. The van der Waals surface area contributed by atoms with Crippen LogP contribution in [-0.2, 0) is 11.0 Å². The van der Waals surface area contributed by atoms with E-state index in [1.807, 2.05) is 0 Å². The molecule has 30 heavy (non-hydrogen) atoms. The van der Waals surface area contributed by atoms with Gasteiger partial charge < -0.3 is 5.32 Å². The van der Waals surface area contributed by atoms with Gasteiger partial charge in [0.05, 0.1) is 6.04 Å². The van der Waals surface area contributed by atoms with Gasteiger partial charge >= 0.3 is 6.18 Å². The number of rotatable bonds is 5. The zero-order chi connectivity index (χ0) is 21.8. The molecule has 4 bridgehead atoms. The summed E-state index contributed by atoms with van der Waals surface area (Å²) in [6.45, 7) is 3.59. The molecule has 0 saturated heterocycles. The number of alkyl halides is 3. The SMILES string of the molecule is CC(C)[C@H](NC(=O)C12CC3CC(CC(C3)C1)C2)c1nc(C(F)(F)F)c(C(=O)NO)s1. The highest BCUT2D eigenvalue weighted by Gasteiger charge is 2.55. The van der Waals surface area contributed by atoms with E-state index < -0.39 is 34.1 Å². The van der Waals surface area contributed by atoms with Gasteiger partial charge in [-0.3, -0.25) is 14.8 Å². The molecule has 0 aliphatic heterocycles. The van der Waals surface area contributed by atoms with Gasteiger partial charge in [-0.2, -0.15) is 13.2 Å². The van der Waals surface area contributed by atoms with Crippen molar-refractivity contribution >= 4 is 23.2 Å². The number of nitrogens with one attached hydrogen (secondary N) is 2. The Balaban J connectivity index is 1.61. The number of hydrogen-bond donors (Lipinski definition) is 3. The average molecular weight is 446 g/mol. The number of amides is 2. The molecule has 0 radical (unpaired) electrons. The molecular weight excluding hydrogens is 419 g/mol. The van der Waals surface area contributed by atoms with Crippen molar-refractivity contribution in [3.05, 3.63) is 15.6 Å². The highest BCUT2D eigenvalue weighted by molar-refractivity contribution is 7.13. The highest BCUT2D eigenvalue weighted by atomic mass is 32.1. The highest BCUT2D eigenvalue weighted by Crippen LogP contribution is 2.60. The van der Waals surface area contributed by atoms with E-state index in [2.05, 4.69) is 10.3 Å². The van der Waals surface area contributed by atoms with Gasteiger partial charge in [0.25, 0.3) is 5.91 Å². The second kappa shape index (κ2) is 7.47. The number of halogens is 3. The minimum atomic E-state index is -4.85. The first-order chi connectivity index (χ1) is 14.0. The van der Waals surface area contributed by atoms with Crippen LogP contribution in [0.25, 0.3) is 0 Å². The number of aromatic nitrogens is 1. The van der Waals surface area contributed by atoms with E-state index in [1.54, 1.807) is 13.8 Å². The summed E-state index contributed by atoms with van der Waals surface area (Å²) in [6, 6.07) is -0.739. The molecule has 1 aromatic rings. The summed E-state index contributed by atoms with van der Waals surface area (Å²) in [5, 5.41) is 11.8. The molecule has 4 fully saturated rings. The van der Waals surface area contributed by atoms with Crippen LogP contribution in [0.4, 0.5) is 13.2 Å². The Morgan fingerprint density at radius 2 is 1.67 bits per heavy atom. The van der Waals surface area contributed by atoms with Crippen molar-refractivity contribution in [2.75, 3.05) is 0 Å². The summed E-state index contributed by atoms with van der Waals surface area (Å²) in [5.41, 5.74) is -0.528. The Morgan fingerprint density at radius 1 is 1.13 bits per heavy atom. The molecule has 0 spiro atoms. The monoisotopic (exact) mass is 445 g/mol. The van der Waals surface area contributed by atoms with E-state index >= 15 is 0 Å². The predicted molar refractivity (Wildman–Crippen MR) is 103 cm³/mol. The van der Waals surface area contributed by atoms with Gasteiger partial charge in [-0.05, 0) is 62.2 Å². The van der Waals surface area contributed by atoms with E-state index in [0.29, 0.717) is 29.1 Å². The molecule has 3 N–H and O–H groups in total. The molecule has 4 saturated carbocycles. The minimum absolute atomic E-state index is 0.0222. The van der Waals surface area contributed by atoms with Gasteiger partial charge in [0.1, 0.15) is 9.88 Å². The quantitative estimate of drug-likeness (QED) is 0.465. The summed E-state index contributed by atoms with van der Waals surface area (Å²) in [7, 11) is 0. The van der Waals surface area contributed by atoms with Crippen molar-refractivity contribution in [2.24, 2.45) is 29.1 Å². The summed E-state index contributed by atoms with van der Waals surface area (Å²) in [6.07, 6.45) is 1.24. The van der Waals surface area contributed by atoms with Crippen molar-refractivity contribution in [3.63, 3.8) is 0 Å². The summed E-state index contributed by atoms with van der Waals surface area (Å²) < 4.78 is 40.2. The molecular formula is C20H26F3N3O3S. The molecule has 1 heterocycles. The molecule has 1 atom stereocenters. The largest absolute Gasteiger partial charge is 0.435 e. The Bertz CT molecular complexity index is 817. The van der Waals surface area contributed by atoms with Crippen LogP contribution in [0.2, 0.25) is 0 Å². The lowest BCUT2D eigenvalue weighted by atomic mass is 9.49. The number of nitrogens with zero attached hydrogens (tertiary/aromatic N) is 1. The maximum absolute atomic E-state index is 13.4. The van der Waals surface area contributed by atoms with Crippen LogP contribution < -0.4 is 10.8 Å². The third-order valence-electron chi connectivity index (χ3n) is 6.96. The first-order valence-corrected chi connectivity index (χ1v) is 11.2. The molecule has 10 heteroatoms. The van der Waals surface area contributed by atoms with Crippen LogP contribution in [0.1, 0.15) is 78.8 Å². The maximum Gasteiger partial charge on any atom is 0.435 e. The standard InChI is InChI=1S/C20H26F3N3O3S/c1-9(2)13(17-25-15(20(21,22)23)14(30-17)16(27)26-29)24-18(28)19-6-10-3-11(7-19)5-12(4-10)8-19/h9-13,29H,3-8H2,1-2H3,(H,24,28)(H,26,27)/t10?,11?,12?,13-,19?/m0/s1. The van der Waals surface area contributed by atoms with Crippen LogP contribution in [0, 0.1) is 29.1 Å². The molecule has 4 aliphatic carbocycles. The van der Waals surface area contributed by atoms with E-state index in [1.165, 1.54) is 24.7 Å². The lowest BCUT2D eigenvalue weighted by Gasteiger charge is -2.55. The maximum atomic E-state index is 13.4. The van der Waals surface area contributed by atoms with Crippen LogP contribution in [-0.4, -0.2) is 22.0 Å². The van der Waals surface area contributed by atoms with Crippen molar-refractivity contribution in [1.29, 1.82) is 0 Å². The smallest absolute Gasteiger partial charge is 0.346 e. The molecule has 2 amide bonds. The molecule has 0 unspecified atom stereocenters. The fourth-order valence-electron chi connectivity index (χ4n) is 6.06. The number of carbonyl (C=O) groups excluding carboxylic acids is 2. The van der Waals surface area contributed by atoms with Crippen LogP contribution >= 0.6 is 11.3 Å². The van der Waals surface area contributed by atoms with Gasteiger partial charge in [0.15, 0.2) is 5.69 Å². The number of hydroxylamine groups is 1. The number of carbonyl (C=O) groups is 2. The molecule has 5 rings (SSSR count). The van der Waals surface area contributed by atoms with E-state index in [4.69, 9.17) is 5.21 Å². The van der Waals surface area contributed by atoms with Crippen molar-refractivity contribution in [3.8, 4) is 0 Å². The first kappa shape index (κ1) is 21.5. The minimum Gasteiger partial charge on any atom is -0.346 e. The normalized spacial score (nSPS) is 31.1. The van der Waals surface area contributed by atoms with Crippen LogP contribution in [0.5, 0.6) is 0 Å². The van der Waals surface area contributed by atoms with Crippen molar-refractivity contribution in [1.82, 2.24) is 15.8 Å². The lowest BCUT2D eigenvalue weighted by molar-refractivity contribution is -0.147. The molecule has 0 aromatic carbocycles. The summed E-state index contributed by atoms with van der Waals surface area (Å²) in [4.78, 5) is 28.1. The van der Waals surface area contributed by atoms with Gasteiger partial charge in [-0.1, -0.05) is 13.8 Å². The zero-order valence-electron chi connectivity index (χ0n) is 16.9. The molecule has 1 aromatic heterocycles. The van der Waals surface area contributed by atoms with Gasteiger partial charge in [-0.15, -0.1) is 11.3 Å². The third kappa shape index (κ3) is 3.72. The van der Waals surface area contributed by atoms with Crippen molar-refractivity contribution < 1.29 is 28.0 Å². The average Bonchev–Trinajstić information content (AvgIpc) is 3.09. The Labute approximate surface area is 176 Å².